The van der Waals surface area contributed by atoms with E-state index in [0.29, 0.717) is 12.3 Å². The molecule has 0 saturated carbocycles. The Kier molecular flexibility index (Phi) is 4.09. The summed E-state index contributed by atoms with van der Waals surface area (Å²) in [7, 11) is 0. The first-order valence-corrected chi connectivity index (χ1v) is 5.46. The number of hydrogen-bond acceptors (Lipinski definition) is 5. The molecule has 0 amide bonds. The summed E-state index contributed by atoms with van der Waals surface area (Å²) in [5.41, 5.74) is 1.99. The normalized spacial score (nSPS) is 9.50. The first-order valence-electron chi connectivity index (χ1n) is 5.46. The molecule has 5 heteroatoms. The third kappa shape index (κ3) is 3.46. The lowest BCUT2D eigenvalue weighted by molar-refractivity contribution is 0.368. The molecule has 0 fully saturated rings. The van der Waals surface area contributed by atoms with Gasteiger partial charge in [-0.1, -0.05) is 0 Å². The predicted octanol–water partition coefficient (Wildman–Crippen LogP) is 1.99. The standard InChI is InChI=1S/C13H12N4O/c14-5-6-18-13-3-1-12(2-4-13)17-9-11-7-15-10-16-8-11/h1-4,7-8,10,17H,6,9H2. The van der Waals surface area contributed by atoms with E-state index in [1.807, 2.05) is 30.3 Å². The average molecular weight is 240 g/mol. The summed E-state index contributed by atoms with van der Waals surface area (Å²) in [5, 5.41) is 11.6. The van der Waals surface area contributed by atoms with Gasteiger partial charge in [-0.3, -0.25) is 0 Å². The number of ether oxygens (including phenoxy) is 1. The van der Waals surface area contributed by atoms with Crippen molar-refractivity contribution in [3.63, 3.8) is 0 Å². The second kappa shape index (κ2) is 6.21. The molecule has 2 aromatic rings. The number of aromatic nitrogens is 2. The van der Waals surface area contributed by atoms with Crippen LogP contribution in [-0.2, 0) is 6.54 Å². The predicted molar refractivity (Wildman–Crippen MR) is 66.9 cm³/mol. The first-order chi connectivity index (χ1) is 8.88. The van der Waals surface area contributed by atoms with E-state index in [1.54, 1.807) is 12.4 Å². The van der Waals surface area contributed by atoms with Crippen molar-refractivity contribution in [3.8, 4) is 11.8 Å². The van der Waals surface area contributed by atoms with Crippen molar-refractivity contribution in [2.75, 3.05) is 11.9 Å². The maximum absolute atomic E-state index is 8.39. The minimum absolute atomic E-state index is 0.0636. The Hall–Kier alpha value is -2.61. The van der Waals surface area contributed by atoms with Crippen molar-refractivity contribution in [1.82, 2.24) is 9.97 Å². The molecule has 18 heavy (non-hydrogen) atoms. The Bertz CT molecular complexity index is 519. The fourth-order valence-corrected chi connectivity index (χ4v) is 1.41. The zero-order chi connectivity index (χ0) is 12.6. The highest BCUT2D eigenvalue weighted by atomic mass is 16.5. The van der Waals surface area contributed by atoms with Crippen LogP contribution in [0.3, 0.4) is 0 Å². The van der Waals surface area contributed by atoms with Crippen molar-refractivity contribution >= 4 is 5.69 Å². The summed E-state index contributed by atoms with van der Waals surface area (Å²) in [4.78, 5) is 7.89. The second-order valence-corrected chi connectivity index (χ2v) is 3.57. The second-order valence-electron chi connectivity index (χ2n) is 3.57. The van der Waals surface area contributed by atoms with Crippen LogP contribution in [0.1, 0.15) is 5.56 Å². The molecule has 5 nitrogen and oxygen atoms in total. The molecular weight excluding hydrogens is 228 g/mol. The molecule has 0 unspecified atom stereocenters. The molecule has 1 heterocycles. The summed E-state index contributed by atoms with van der Waals surface area (Å²) in [6.07, 6.45) is 5.04. The smallest absolute Gasteiger partial charge is 0.174 e. The van der Waals surface area contributed by atoms with Crippen LogP contribution in [0, 0.1) is 11.3 Å². The molecule has 0 radical (unpaired) electrons. The van der Waals surface area contributed by atoms with Crippen LogP contribution in [-0.4, -0.2) is 16.6 Å². The average Bonchev–Trinajstić information content (AvgIpc) is 2.45. The Labute approximate surface area is 105 Å². The summed E-state index contributed by atoms with van der Waals surface area (Å²) in [6, 6.07) is 9.37. The highest BCUT2D eigenvalue weighted by Crippen LogP contribution is 2.16. The van der Waals surface area contributed by atoms with Crippen LogP contribution in [0.5, 0.6) is 5.75 Å². The van der Waals surface area contributed by atoms with E-state index >= 15 is 0 Å². The lowest BCUT2D eigenvalue weighted by atomic mass is 10.3. The third-order valence-corrected chi connectivity index (χ3v) is 2.27. The van der Waals surface area contributed by atoms with E-state index in [0.717, 1.165) is 11.3 Å². The van der Waals surface area contributed by atoms with Crippen LogP contribution in [0.2, 0.25) is 0 Å². The molecular formula is C13H12N4O. The van der Waals surface area contributed by atoms with E-state index in [4.69, 9.17) is 10.00 Å². The van der Waals surface area contributed by atoms with Gasteiger partial charge in [0, 0.05) is 30.2 Å². The number of hydrogen-bond donors (Lipinski definition) is 1. The van der Waals surface area contributed by atoms with Gasteiger partial charge in [-0.05, 0) is 24.3 Å². The molecule has 90 valence electrons. The SMILES string of the molecule is N#CCOc1ccc(NCc2cncnc2)cc1. The highest BCUT2D eigenvalue weighted by Gasteiger charge is 1.96. The fourth-order valence-electron chi connectivity index (χ4n) is 1.41. The van der Waals surface area contributed by atoms with Crippen molar-refractivity contribution in [2.45, 2.75) is 6.54 Å². The van der Waals surface area contributed by atoms with Crippen LogP contribution in [0.25, 0.3) is 0 Å². The number of nitriles is 1. The van der Waals surface area contributed by atoms with Crippen LogP contribution >= 0.6 is 0 Å². The topological polar surface area (TPSA) is 70.8 Å². The quantitative estimate of drug-likeness (QED) is 0.865. The minimum Gasteiger partial charge on any atom is -0.479 e. The van der Waals surface area contributed by atoms with Crippen LogP contribution in [0.15, 0.2) is 43.0 Å². The Morgan fingerprint density at radius 3 is 2.56 bits per heavy atom. The minimum atomic E-state index is 0.0636. The summed E-state index contributed by atoms with van der Waals surface area (Å²) < 4.78 is 5.16. The maximum atomic E-state index is 8.39. The molecule has 1 aromatic heterocycles. The van der Waals surface area contributed by atoms with Crippen molar-refractivity contribution in [1.29, 1.82) is 5.26 Å². The Morgan fingerprint density at radius 2 is 1.89 bits per heavy atom. The number of nitrogens with zero attached hydrogens (tertiary/aromatic N) is 3. The van der Waals surface area contributed by atoms with Gasteiger partial charge in [0.2, 0.25) is 0 Å². The van der Waals surface area contributed by atoms with Crippen LogP contribution < -0.4 is 10.1 Å². The number of rotatable bonds is 5. The lowest BCUT2D eigenvalue weighted by Gasteiger charge is -2.07. The molecule has 0 atom stereocenters. The van der Waals surface area contributed by atoms with Gasteiger partial charge >= 0.3 is 0 Å². The van der Waals surface area contributed by atoms with Gasteiger partial charge in [-0.15, -0.1) is 0 Å². The van der Waals surface area contributed by atoms with Gasteiger partial charge in [0.1, 0.15) is 18.1 Å². The zero-order valence-corrected chi connectivity index (χ0v) is 9.71. The highest BCUT2D eigenvalue weighted by molar-refractivity contribution is 5.46. The van der Waals surface area contributed by atoms with Crippen molar-refractivity contribution < 1.29 is 4.74 Å². The number of benzene rings is 1. The van der Waals surface area contributed by atoms with Gasteiger partial charge in [-0.2, -0.15) is 5.26 Å². The third-order valence-electron chi connectivity index (χ3n) is 2.27. The molecule has 0 spiro atoms. The lowest BCUT2D eigenvalue weighted by Crippen LogP contribution is -2.00. The molecule has 2 rings (SSSR count). The van der Waals surface area contributed by atoms with Gasteiger partial charge in [0.15, 0.2) is 6.61 Å². The zero-order valence-electron chi connectivity index (χ0n) is 9.71. The molecule has 0 saturated heterocycles. The van der Waals surface area contributed by atoms with Gasteiger partial charge in [0.25, 0.3) is 0 Å². The van der Waals surface area contributed by atoms with Gasteiger partial charge < -0.3 is 10.1 Å². The molecule has 0 aliphatic rings. The number of anilines is 1. The number of nitrogens with one attached hydrogen (secondary N) is 1. The van der Waals surface area contributed by atoms with Crippen LogP contribution in [0.4, 0.5) is 5.69 Å². The molecule has 0 aliphatic heterocycles. The monoisotopic (exact) mass is 240 g/mol. The Balaban J connectivity index is 1.89. The largest absolute Gasteiger partial charge is 0.479 e. The summed E-state index contributed by atoms with van der Waals surface area (Å²) >= 11 is 0. The van der Waals surface area contributed by atoms with E-state index in [9.17, 15) is 0 Å². The van der Waals surface area contributed by atoms with E-state index in [-0.39, 0.29) is 6.61 Å². The van der Waals surface area contributed by atoms with E-state index in [1.165, 1.54) is 6.33 Å². The van der Waals surface area contributed by atoms with Gasteiger partial charge in [0.05, 0.1) is 0 Å². The summed E-state index contributed by atoms with van der Waals surface area (Å²) in [6.45, 7) is 0.730. The fraction of sp³-hybridized carbons (Fsp3) is 0.154. The summed E-state index contributed by atoms with van der Waals surface area (Å²) in [5.74, 6) is 0.685. The molecule has 0 bridgehead atoms. The first kappa shape index (κ1) is 11.9. The van der Waals surface area contributed by atoms with Crippen molar-refractivity contribution in [3.05, 3.63) is 48.5 Å². The molecule has 1 aromatic carbocycles. The Morgan fingerprint density at radius 1 is 1.17 bits per heavy atom. The molecule has 0 aliphatic carbocycles. The van der Waals surface area contributed by atoms with Crippen molar-refractivity contribution in [2.24, 2.45) is 0 Å². The molecule has 1 N–H and O–H groups in total. The maximum Gasteiger partial charge on any atom is 0.174 e. The van der Waals surface area contributed by atoms with E-state index < -0.39 is 0 Å². The van der Waals surface area contributed by atoms with Gasteiger partial charge in [-0.25, -0.2) is 9.97 Å². The van der Waals surface area contributed by atoms with E-state index in [2.05, 4.69) is 15.3 Å².